The first-order chi connectivity index (χ1) is 6.07. The zero-order valence-corrected chi connectivity index (χ0v) is 11.7. The molecule has 2 N–H and O–H groups in total. The minimum Gasteiger partial charge on any atom is -0.330 e. The molecule has 1 nitrogen and oxygen atoms in total. The quantitative estimate of drug-likeness (QED) is 0.895. The molecule has 0 atom stereocenters. The second-order valence-electron chi connectivity index (χ2n) is 3.22. The van der Waals surface area contributed by atoms with Crippen molar-refractivity contribution in [3.8, 4) is 0 Å². The van der Waals surface area contributed by atoms with Gasteiger partial charge in [0.15, 0.2) is 0 Å². The van der Waals surface area contributed by atoms with Gasteiger partial charge in [-0.15, -0.1) is 11.3 Å². The second-order valence-corrected chi connectivity index (χ2v) is 6.44. The van der Waals surface area contributed by atoms with Crippen molar-refractivity contribution in [3.63, 3.8) is 0 Å². The van der Waals surface area contributed by atoms with Gasteiger partial charge in [0.25, 0.3) is 0 Å². The zero-order valence-electron chi connectivity index (χ0n) is 7.73. The Morgan fingerprint density at radius 3 is 2.46 bits per heavy atom. The van der Waals surface area contributed by atoms with Gasteiger partial charge in [-0.05, 0) is 56.3 Å². The van der Waals surface area contributed by atoms with Crippen LogP contribution >= 0.6 is 43.2 Å². The van der Waals surface area contributed by atoms with Crippen molar-refractivity contribution < 1.29 is 0 Å². The fourth-order valence-corrected chi connectivity index (χ4v) is 4.28. The Kier molecular flexibility index (Phi) is 4.42. The lowest BCUT2D eigenvalue weighted by atomic mass is 10.0. The lowest BCUT2D eigenvalue weighted by molar-refractivity contribution is 0.839. The molecule has 0 amide bonds. The lowest BCUT2D eigenvalue weighted by Crippen LogP contribution is -2.03. The molecule has 0 aromatic carbocycles. The van der Waals surface area contributed by atoms with Crippen LogP contribution in [0.15, 0.2) is 8.26 Å². The van der Waals surface area contributed by atoms with Gasteiger partial charge in [-0.25, -0.2) is 0 Å². The van der Waals surface area contributed by atoms with Gasteiger partial charge in [0.05, 0.1) is 3.79 Å². The summed E-state index contributed by atoms with van der Waals surface area (Å²) in [7, 11) is 0. The smallest absolute Gasteiger partial charge is 0.0846 e. The maximum Gasteiger partial charge on any atom is 0.0846 e. The molecule has 0 aliphatic rings. The summed E-state index contributed by atoms with van der Waals surface area (Å²) < 4.78 is 2.38. The van der Waals surface area contributed by atoms with Crippen LogP contribution in [0.4, 0.5) is 0 Å². The highest BCUT2D eigenvalue weighted by Crippen LogP contribution is 2.41. The van der Waals surface area contributed by atoms with E-state index in [0.29, 0.717) is 5.92 Å². The molecule has 0 spiro atoms. The van der Waals surface area contributed by atoms with Crippen LogP contribution in [0.5, 0.6) is 0 Å². The number of thiophene rings is 1. The Hall–Kier alpha value is 0.620. The number of hydrogen-bond donors (Lipinski definition) is 1. The van der Waals surface area contributed by atoms with Gasteiger partial charge in [-0.1, -0.05) is 13.8 Å². The second kappa shape index (κ2) is 4.91. The minimum absolute atomic E-state index is 0.554. The average molecular weight is 327 g/mol. The van der Waals surface area contributed by atoms with E-state index < -0.39 is 0 Å². The maximum absolute atomic E-state index is 5.56. The van der Waals surface area contributed by atoms with Crippen LogP contribution in [0.3, 0.4) is 0 Å². The zero-order chi connectivity index (χ0) is 10.0. The Balaban J connectivity index is 3.11. The fourth-order valence-electron chi connectivity index (χ4n) is 1.33. The van der Waals surface area contributed by atoms with Gasteiger partial charge < -0.3 is 5.73 Å². The Morgan fingerprint density at radius 1 is 1.38 bits per heavy atom. The van der Waals surface area contributed by atoms with E-state index in [2.05, 4.69) is 45.7 Å². The third-order valence-corrected chi connectivity index (χ3v) is 5.43. The van der Waals surface area contributed by atoms with Crippen LogP contribution < -0.4 is 5.73 Å². The molecule has 4 heteroatoms. The van der Waals surface area contributed by atoms with E-state index >= 15 is 0 Å². The number of nitrogens with two attached hydrogens (primary N) is 1. The Morgan fingerprint density at radius 2 is 2.00 bits per heavy atom. The first-order valence-electron chi connectivity index (χ1n) is 4.24. The van der Waals surface area contributed by atoms with E-state index in [9.17, 15) is 0 Å². The highest BCUT2D eigenvalue weighted by Gasteiger charge is 2.16. The van der Waals surface area contributed by atoms with Crippen LogP contribution in [0.1, 0.15) is 30.2 Å². The van der Waals surface area contributed by atoms with E-state index in [1.54, 1.807) is 11.3 Å². The average Bonchev–Trinajstić information content (AvgIpc) is 2.28. The molecule has 0 saturated heterocycles. The highest BCUT2D eigenvalue weighted by atomic mass is 79.9. The fraction of sp³-hybridized carbons (Fsp3) is 0.556. The van der Waals surface area contributed by atoms with Crippen molar-refractivity contribution in [2.24, 2.45) is 5.73 Å². The summed E-state index contributed by atoms with van der Waals surface area (Å²) in [6.07, 6.45) is 0.975. The van der Waals surface area contributed by atoms with Crippen molar-refractivity contribution in [2.45, 2.75) is 26.2 Å². The van der Waals surface area contributed by atoms with E-state index in [1.165, 1.54) is 18.7 Å². The van der Waals surface area contributed by atoms with E-state index in [-0.39, 0.29) is 0 Å². The Bertz CT molecular complexity index is 294. The summed E-state index contributed by atoms with van der Waals surface area (Å²) in [6, 6.07) is 0. The van der Waals surface area contributed by atoms with Gasteiger partial charge in [0, 0.05) is 9.35 Å². The molecule has 74 valence electrons. The highest BCUT2D eigenvalue weighted by molar-refractivity contribution is 9.13. The van der Waals surface area contributed by atoms with Crippen LogP contribution in [0.2, 0.25) is 0 Å². The molecule has 0 saturated carbocycles. The molecular formula is C9H13Br2NS. The molecule has 1 aromatic heterocycles. The molecule has 1 rings (SSSR count). The number of halogens is 2. The molecule has 13 heavy (non-hydrogen) atoms. The summed E-state index contributed by atoms with van der Waals surface area (Å²) >= 11 is 8.91. The molecule has 1 aromatic rings. The normalized spacial score (nSPS) is 11.2. The van der Waals surface area contributed by atoms with Gasteiger partial charge in [0.1, 0.15) is 0 Å². The van der Waals surface area contributed by atoms with Crippen molar-refractivity contribution in [2.75, 3.05) is 6.54 Å². The first kappa shape index (κ1) is 11.7. The molecular weight excluding hydrogens is 314 g/mol. The molecule has 0 aliphatic carbocycles. The van der Waals surface area contributed by atoms with Crippen molar-refractivity contribution >= 4 is 43.2 Å². The first-order valence-corrected chi connectivity index (χ1v) is 6.64. The largest absolute Gasteiger partial charge is 0.330 e. The monoisotopic (exact) mass is 325 g/mol. The van der Waals surface area contributed by atoms with Crippen LogP contribution in [-0.2, 0) is 6.42 Å². The molecule has 0 radical (unpaired) electrons. The molecule has 0 aliphatic heterocycles. The van der Waals surface area contributed by atoms with Crippen LogP contribution in [0.25, 0.3) is 0 Å². The molecule has 0 unspecified atom stereocenters. The van der Waals surface area contributed by atoms with E-state index in [4.69, 9.17) is 5.73 Å². The van der Waals surface area contributed by atoms with Gasteiger partial charge in [-0.3, -0.25) is 0 Å². The predicted octanol–water partition coefficient (Wildman–Crippen LogP) is 3.90. The summed E-state index contributed by atoms with van der Waals surface area (Å²) in [5.41, 5.74) is 6.97. The Labute approximate surface area is 100.0 Å². The molecule has 0 bridgehead atoms. The van der Waals surface area contributed by atoms with Crippen molar-refractivity contribution in [3.05, 3.63) is 18.7 Å². The third-order valence-electron chi connectivity index (χ3n) is 1.87. The van der Waals surface area contributed by atoms with Crippen molar-refractivity contribution in [1.82, 2.24) is 0 Å². The topological polar surface area (TPSA) is 26.0 Å². The summed E-state index contributed by atoms with van der Waals surface area (Å²) in [6.45, 7) is 5.14. The molecule has 0 fully saturated rings. The van der Waals surface area contributed by atoms with Crippen LogP contribution in [0, 0.1) is 0 Å². The van der Waals surface area contributed by atoms with Crippen molar-refractivity contribution in [1.29, 1.82) is 0 Å². The summed E-state index contributed by atoms with van der Waals surface area (Å²) in [5.74, 6) is 0.554. The van der Waals surface area contributed by atoms with Gasteiger partial charge in [-0.2, -0.15) is 0 Å². The van der Waals surface area contributed by atoms with Gasteiger partial charge >= 0.3 is 0 Å². The van der Waals surface area contributed by atoms with E-state index in [0.717, 1.165) is 13.0 Å². The van der Waals surface area contributed by atoms with Crippen LogP contribution in [-0.4, -0.2) is 6.54 Å². The number of rotatable bonds is 3. The third kappa shape index (κ3) is 2.55. The maximum atomic E-state index is 5.56. The minimum atomic E-state index is 0.554. The standard InChI is InChI=1S/C9H13Br2NS/c1-5(2)7-6(3-4-12)13-9(11)8(7)10/h5H,3-4,12H2,1-2H3. The van der Waals surface area contributed by atoms with E-state index in [1.807, 2.05) is 0 Å². The summed E-state index contributed by atoms with van der Waals surface area (Å²) in [5, 5.41) is 0. The summed E-state index contributed by atoms with van der Waals surface area (Å²) in [4.78, 5) is 1.40. The van der Waals surface area contributed by atoms with Gasteiger partial charge in [0.2, 0.25) is 0 Å². The predicted molar refractivity (Wildman–Crippen MR) is 66.6 cm³/mol. The lowest BCUT2D eigenvalue weighted by Gasteiger charge is -2.06. The number of hydrogen-bond acceptors (Lipinski definition) is 2. The SMILES string of the molecule is CC(C)c1c(CCN)sc(Br)c1Br. The molecule has 1 heterocycles.